The van der Waals surface area contributed by atoms with Gasteiger partial charge in [-0.2, -0.15) is 0 Å². The minimum absolute atomic E-state index is 0.00348. The molecule has 0 aliphatic heterocycles. The van der Waals surface area contributed by atoms with Gasteiger partial charge in [0.25, 0.3) is 0 Å². The lowest BCUT2D eigenvalue weighted by Crippen LogP contribution is -2.28. The molecule has 6 heteroatoms. The zero-order valence-electron chi connectivity index (χ0n) is 13.8. The number of halogens is 1. The van der Waals surface area contributed by atoms with Crippen LogP contribution in [0.3, 0.4) is 0 Å². The van der Waals surface area contributed by atoms with Crippen molar-refractivity contribution >= 4 is 33.6 Å². The molecule has 122 valence electrons. The van der Waals surface area contributed by atoms with Gasteiger partial charge in [0.2, 0.25) is 0 Å². The molecular weight excluding hydrogens is 338 g/mol. The van der Waals surface area contributed by atoms with Crippen LogP contribution in [0, 0.1) is 0 Å². The van der Waals surface area contributed by atoms with Crippen molar-refractivity contribution in [1.29, 1.82) is 0 Å². The largest absolute Gasteiger partial charge is 0.460 e. The first-order valence-electron chi connectivity index (χ1n) is 6.95. The molecule has 0 saturated carbocycles. The third kappa shape index (κ3) is 12.5. The Kier molecular flexibility index (Phi) is 8.14. The van der Waals surface area contributed by atoms with Crippen LogP contribution in [-0.2, 0) is 19.1 Å². The smallest absolute Gasteiger partial charge is 0.312 e. The summed E-state index contributed by atoms with van der Waals surface area (Å²) in [5, 5.41) is 0.666. The van der Waals surface area contributed by atoms with Crippen molar-refractivity contribution in [3.8, 4) is 0 Å². The van der Waals surface area contributed by atoms with E-state index < -0.39 is 11.2 Å². The molecular formula is C15H26BrNO4. The third-order valence-electron chi connectivity index (χ3n) is 1.96. The van der Waals surface area contributed by atoms with Crippen molar-refractivity contribution in [3.05, 3.63) is 0 Å². The Bertz CT molecular complexity index is 359. The SMILES string of the molecule is CC(C)(C)OC(=O)CC(CC(=O)OC(C)(C)C)=NCCBr. The number of alkyl halides is 1. The molecule has 0 rings (SSSR count). The van der Waals surface area contributed by atoms with E-state index in [1.54, 1.807) is 41.5 Å². The molecule has 0 N–H and O–H groups in total. The predicted octanol–water partition coefficient (Wildman–Crippen LogP) is 3.29. The predicted molar refractivity (Wildman–Crippen MR) is 87.0 cm³/mol. The van der Waals surface area contributed by atoms with Crippen LogP contribution in [0.5, 0.6) is 0 Å². The molecule has 0 unspecified atom stereocenters. The van der Waals surface area contributed by atoms with E-state index >= 15 is 0 Å². The van der Waals surface area contributed by atoms with Crippen LogP contribution in [-0.4, -0.2) is 40.7 Å². The summed E-state index contributed by atoms with van der Waals surface area (Å²) in [5.41, 5.74) is -0.620. The zero-order valence-corrected chi connectivity index (χ0v) is 15.4. The lowest BCUT2D eigenvalue weighted by molar-refractivity contribution is -0.153. The number of esters is 2. The van der Waals surface area contributed by atoms with Crippen molar-refractivity contribution in [3.63, 3.8) is 0 Å². The molecule has 0 amide bonds. The summed E-state index contributed by atoms with van der Waals surface area (Å²) in [7, 11) is 0. The highest BCUT2D eigenvalue weighted by atomic mass is 79.9. The Morgan fingerprint density at radius 1 is 0.905 bits per heavy atom. The summed E-state index contributed by atoms with van der Waals surface area (Å²) in [4.78, 5) is 27.9. The Morgan fingerprint density at radius 2 is 1.29 bits per heavy atom. The van der Waals surface area contributed by atoms with Gasteiger partial charge < -0.3 is 9.47 Å². The quantitative estimate of drug-likeness (QED) is 0.412. The molecule has 0 aromatic heterocycles. The second-order valence-corrected chi connectivity index (χ2v) is 7.46. The van der Waals surface area contributed by atoms with E-state index in [9.17, 15) is 9.59 Å². The van der Waals surface area contributed by atoms with Gasteiger partial charge in [0.1, 0.15) is 11.2 Å². The first-order chi connectivity index (χ1) is 9.43. The average Bonchev–Trinajstić information content (AvgIpc) is 2.20. The van der Waals surface area contributed by atoms with Gasteiger partial charge in [-0.05, 0) is 41.5 Å². The van der Waals surface area contributed by atoms with Crippen molar-refractivity contribution in [2.24, 2.45) is 4.99 Å². The zero-order chi connectivity index (χ0) is 16.7. The lowest BCUT2D eigenvalue weighted by Gasteiger charge is -2.21. The summed E-state index contributed by atoms with van der Waals surface area (Å²) in [6, 6.07) is 0. The first-order valence-corrected chi connectivity index (χ1v) is 8.07. The third-order valence-corrected chi connectivity index (χ3v) is 2.31. The summed E-state index contributed by atoms with van der Waals surface area (Å²) in [6.45, 7) is 11.3. The molecule has 0 aromatic rings. The van der Waals surface area contributed by atoms with E-state index in [1.165, 1.54) is 0 Å². The maximum atomic E-state index is 11.8. The number of nitrogens with zero attached hydrogens (tertiary/aromatic N) is 1. The Labute approximate surface area is 135 Å². The maximum Gasteiger partial charge on any atom is 0.312 e. The minimum Gasteiger partial charge on any atom is -0.460 e. The van der Waals surface area contributed by atoms with Gasteiger partial charge in [0, 0.05) is 17.6 Å². The van der Waals surface area contributed by atoms with Crippen LogP contribution < -0.4 is 0 Å². The topological polar surface area (TPSA) is 65.0 Å². The molecule has 21 heavy (non-hydrogen) atoms. The van der Waals surface area contributed by atoms with Crippen molar-refractivity contribution in [2.45, 2.75) is 65.6 Å². The number of carbonyl (C=O) groups excluding carboxylic acids is 2. The number of carbonyl (C=O) groups is 2. The van der Waals surface area contributed by atoms with Gasteiger partial charge in [0.15, 0.2) is 0 Å². The number of hydrogen-bond acceptors (Lipinski definition) is 5. The van der Waals surface area contributed by atoms with Gasteiger partial charge >= 0.3 is 11.9 Å². The summed E-state index contributed by atoms with van der Waals surface area (Å²) in [5.74, 6) is -0.779. The molecule has 0 aliphatic carbocycles. The molecule has 0 heterocycles. The van der Waals surface area contributed by atoms with Crippen LogP contribution in [0.15, 0.2) is 4.99 Å². The van der Waals surface area contributed by atoms with Crippen LogP contribution in [0.4, 0.5) is 0 Å². The Morgan fingerprint density at radius 3 is 1.57 bits per heavy atom. The van der Waals surface area contributed by atoms with Gasteiger partial charge in [-0.25, -0.2) is 0 Å². The molecule has 0 atom stereocenters. The van der Waals surface area contributed by atoms with Gasteiger partial charge in [0.05, 0.1) is 12.8 Å². The van der Waals surface area contributed by atoms with Crippen LogP contribution in [0.25, 0.3) is 0 Å². The molecule has 0 saturated heterocycles. The Balaban J connectivity index is 4.68. The van der Waals surface area contributed by atoms with Gasteiger partial charge in [-0.15, -0.1) is 0 Å². The first kappa shape index (κ1) is 20.1. The van der Waals surface area contributed by atoms with E-state index in [0.29, 0.717) is 17.6 Å². The fourth-order valence-corrected chi connectivity index (χ4v) is 1.64. The minimum atomic E-state index is -0.552. The van der Waals surface area contributed by atoms with E-state index in [1.807, 2.05) is 0 Å². The van der Waals surface area contributed by atoms with Crippen LogP contribution >= 0.6 is 15.9 Å². The van der Waals surface area contributed by atoms with E-state index in [2.05, 4.69) is 20.9 Å². The summed E-state index contributed by atoms with van der Waals surface area (Å²) < 4.78 is 10.5. The molecule has 0 aromatic carbocycles. The van der Waals surface area contributed by atoms with Crippen LogP contribution in [0.1, 0.15) is 54.4 Å². The molecule has 0 aliphatic rings. The number of hydrogen-bond donors (Lipinski definition) is 0. The monoisotopic (exact) mass is 363 g/mol. The van der Waals surface area contributed by atoms with E-state index in [-0.39, 0.29) is 24.8 Å². The summed E-state index contributed by atoms with van der Waals surface area (Å²) >= 11 is 3.27. The highest BCUT2D eigenvalue weighted by Crippen LogP contribution is 2.12. The summed E-state index contributed by atoms with van der Waals surface area (Å²) in [6.07, 6.45) is 0.00697. The molecule has 0 spiro atoms. The average molecular weight is 364 g/mol. The normalized spacial score (nSPS) is 11.8. The number of aliphatic imine (C=N–C) groups is 1. The highest BCUT2D eigenvalue weighted by Gasteiger charge is 2.22. The van der Waals surface area contributed by atoms with Crippen molar-refractivity contribution in [1.82, 2.24) is 0 Å². The number of ether oxygens (including phenoxy) is 2. The fraction of sp³-hybridized carbons (Fsp3) is 0.800. The molecule has 0 bridgehead atoms. The lowest BCUT2D eigenvalue weighted by atomic mass is 10.1. The second-order valence-electron chi connectivity index (χ2n) is 6.66. The van der Waals surface area contributed by atoms with E-state index in [4.69, 9.17) is 9.47 Å². The molecule has 0 fully saturated rings. The fourth-order valence-electron chi connectivity index (χ4n) is 1.46. The van der Waals surface area contributed by atoms with Crippen molar-refractivity contribution in [2.75, 3.05) is 11.9 Å². The van der Waals surface area contributed by atoms with E-state index in [0.717, 1.165) is 0 Å². The van der Waals surface area contributed by atoms with Crippen LogP contribution in [0.2, 0.25) is 0 Å². The molecule has 5 nitrogen and oxygen atoms in total. The highest BCUT2D eigenvalue weighted by molar-refractivity contribution is 9.09. The maximum absolute atomic E-state index is 11.8. The van der Waals surface area contributed by atoms with Gasteiger partial charge in [-0.3, -0.25) is 14.6 Å². The standard InChI is InChI=1S/C15H26BrNO4/c1-14(2,3)20-12(18)9-11(17-8-7-16)10-13(19)21-15(4,5)6/h7-10H2,1-6H3. The second kappa shape index (κ2) is 8.51. The Hall–Kier alpha value is -0.910. The molecule has 0 radical (unpaired) electrons. The van der Waals surface area contributed by atoms with Crippen molar-refractivity contribution < 1.29 is 19.1 Å². The van der Waals surface area contributed by atoms with Gasteiger partial charge in [-0.1, -0.05) is 15.9 Å². The number of rotatable bonds is 6.